The number of rotatable bonds is 0. The van der Waals surface area contributed by atoms with Crippen LogP contribution in [0.25, 0.3) is 0 Å². The van der Waals surface area contributed by atoms with Gasteiger partial charge in [-0.15, -0.1) is 0 Å². The molecule has 1 nitrogen and oxygen atoms in total. The molecule has 1 rings (SSSR count). The normalized spacial score (nSPS) is 30.6. The fourth-order valence-corrected chi connectivity index (χ4v) is 0.828. The van der Waals surface area contributed by atoms with Crippen LogP contribution in [0.3, 0.4) is 0 Å². The summed E-state index contributed by atoms with van der Waals surface area (Å²) in [5, 5.41) is 0. The van der Waals surface area contributed by atoms with Crippen molar-refractivity contribution in [2.45, 2.75) is 13.3 Å². The van der Waals surface area contributed by atoms with Crippen LogP contribution in [0.2, 0.25) is 0 Å². The quantitative estimate of drug-likeness (QED) is 0.432. The van der Waals surface area contributed by atoms with E-state index < -0.39 is 0 Å². The molecule has 0 aromatic rings. The van der Waals surface area contributed by atoms with Crippen LogP contribution in [0.15, 0.2) is 12.2 Å². The van der Waals surface area contributed by atoms with E-state index in [0.29, 0.717) is 5.92 Å². The van der Waals surface area contributed by atoms with Crippen molar-refractivity contribution in [1.82, 2.24) is 0 Å². The predicted octanol–water partition coefficient (Wildman–Crippen LogP) is 1.60. The van der Waals surface area contributed by atoms with Crippen LogP contribution in [0.1, 0.15) is 13.3 Å². The molecule has 0 bridgehead atoms. The molecular weight excluding hydrogens is 100 g/mol. The van der Waals surface area contributed by atoms with Gasteiger partial charge in [0.2, 0.25) is 0 Å². The molecule has 46 valence electrons. The second-order valence-electron chi connectivity index (χ2n) is 2.38. The molecule has 0 amide bonds. The molecule has 1 fully saturated rings. The maximum atomic E-state index is 5.19. The van der Waals surface area contributed by atoms with E-state index >= 15 is 0 Å². The van der Waals surface area contributed by atoms with Gasteiger partial charge in [-0.25, -0.2) is 0 Å². The maximum Gasteiger partial charge on any atom is 0.0528 e. The Morgan fingerprint density at radius 3 is 2.88 bits per heavy atom. The third-order valence-corrected chi connectivity index (χ3v) is 1.63. The molecule has 0 N–H and O–H groups in total. The predicted molar refractivity (Wildman–Crippen MR) is 33.7 cm³/mol. The molecule has 8 heavy (non-hydrogen) atoms. The molecule has 0 aliphatic carbocycles. The van der Waals surface area contributed by atoms with Crippen LogP contribution in [-0.2, 0) is 4.74 Å². The van der Waals surface area contributed by atoms with Crippen LogP contribution >= 0.6 is 0 Å². The fraction of sp³-hybridized carbons (Fsp3) is 0.714. The highest BCUT2D eigenvalue weighted by Crippen LogP contribution is 2.17. The van der Waals surface area contributed by atoms with Gasteiger partial charge >= 0.3 is 0 Å². The van der Waals surface area contributed by atoms with E-state index in [-0.39, 0.29) is 0 Å². The number of hydrogen-bond acceptors (Lipinski definition) is 1. The highest BCUT2D eigenvalue weighted by Gasteiger charge is 2.11. The minimum atomic E-state index is 0.587. The average Bonchev–Trinajstić information content (AvgIpc) is 1.77. The van der Waals surface area contributed by atoms with E-state index in [1.807, 2.05) is 0 Å². The van der Waals surface area contributed by atoms with E-state index in [2.05, 4.69) is 13.5 Å². The molecule has 0 aromatic carbocycles. The summed E-state index contributed by atoms with van der Waals surface area (Å²) in [7, 11) is 0. The van der Waals surface area contributed by atoms with Crippen molar-refractivity contribution in [3.05, 3.63) is 12.2 Å². The Hall–Kier alpha value is -0.300. The fourth-order valence-electron chi connectivity index (χ4n) is 0.828. The molecule has 0 saturated carbocycles. The average molecular weight is 112 g/mol. The first-order valence-electron chi connectivity index (χ1n) is 3.06. The highest BCUT2D eigenvalue weighted by molar-refractivity contribution is 5.00. The molecular formula is C7H12O. The topological polar surface area (TPSA) is 9.23 Å². The van der Waals surface area contributed by atoms with E-state index in [9.17, 15) is 0 Å². The van der Waals surface area contributed by atoms with Gasteiger partial charge in [-0.3, -0.25) is 0 Å². The molecule has 1 heterocycles. The van der Waals surface area contributed by atoms with Gasteiger partial charge in [-0.2, -0.15) is 0 Å². The second kappa shape index (κ2) is 2.31. The first-order valence-corrected chi connectivity index (χ1v) is 3.06. The standard InChI is InChI=1S/C7H12O/c1-6-3-4-8-5-7(6)2/h7H,1,3-5H2,2H3/t7-/m0/s1. The van der Waals surface area contributed by atoms with Crippen molar-refractivity contribution in [1.29, 1.82) is 0 Å². The molecule has 0 aromatic heterocycles. The van der Waals surface area contributed by atoms with Crippen molar-refractivity contribution in [2.24, 2.45) is 5.92 Å². The minimum Gasteiger partial charge on any atom is -0.381 e. The van der Waals surface area contributed by atoms with Crippen molar-refractivity contribution in [3.63, 3.8) is 0 Å². The van der Waals surface area contributed by atoms with Crippen LogP contribution in [0.5, 0.6) is 0 Å². The van der Waals surface area contributed by atoms with Gasteiger partial charge in [-0.05, 0) is 6.42 Å². The molecule has 1 aliphatic heterocycles. The van der Waals surface area contributed by atoms with Crippen molar-refractivity contribution < 1.29 is 4.74 Å². The summed E-state index contributed by atoms with van der Waals surface area (Å²) < 4.78 is 5.19. The zero-order valence-electron chi connectivity index (χ0n) is 5.31. The Balaban J connectivity index is 2.39. The molecule has 0 unspecified atom stereocenters. The summed E-state index contributed by atoms with van der Waals surface area (Å²) in [6.07, 6.45) is 1.06. The number of ether oxygens (including phenoxy) is 1. The van der Waals surface area contributed by atoms with Gasteiger partial charge in [0.05, 0.1) is 13.2 Å². The van der Waals surface area contributed by atoms with Crippen LogP contribution in [0, 0.1) is 5.92 Å². The van der Waals surface area contributed by atoms with E-state index in [4.69, 9.17) is 4.74 Å². The summed E-state index contributed by atoms with van der Waals surface area (Å²) in [4.78, 5) is 0. The third-order valence-electron chi connectivity index (χ3n) is 1.63. The van der Waals surface area contributed by atoms with Gasteiger partial charge in [-0.1, -0.05) is 19.1 Å². The summed E-state index contributed by atoms with van der Waals surface area (Å²) >= 11 is 0. The van der Waals surface area contributed by atoms with E-state index in [1.165, 1.54) is 5.57 Å². The zero-order valence-corrected chi connectivity index (χ0v) is 5.31. The first-order chi connectivity index (χ1) is 3.80. The van der Waals surface area contributed by atoms with E-state index in [1.54, 1.807) is 0 Å². The highest BCUT2D eigenvalue weighted by atomic mass is 16.5. The van der Waals surface area contributed by atoms with Gasteiger partial charge in [0, 0.05) is 5.92 Å². The smallest absolute Gasteiger partial charge is 0.0528 e. The lowest BCUT2D eigenvalue weighted by molar-refractivity contribution is 0.0903. The molecule has 1 heteroatoms. The third kappa shape index (κ3) is 1.10. The lowest BCUT2D eigenvalue weighted by atomic mass is 9.99. The van der Waals surface area contributed by atoms with Crippen molar-refractivity contribution in [2.75, 3.05) is 13.2 Å². The first kappa shape index (κ1) is 5.83. The number of hydrogen-bond donors (Lipinski definition) is 0. The monoisotopic (exact) mass is 112 g/mol. The van der Waals surface area contributed by atoms with E-state index in [0.717, 1.165) is 19.6 Å². The Labute approximate surface area is 50.3 Å². The molecule has 0 radical (unpaired) electrons. The lowest BCUT2D eigenvalue weighted by Gasteiger charge is -2.20. The molecule has 1 saturated heterocycles. The SMILES string of the molecule is C=C1CCOC[C@@H]1C. The zero-order chi connectivity index (χ0) is 5.98. The lowest BCUT2D eigenvalue weighted by Crippen LogP contribution is -2.16. The van der Waals surface area contributed by atoms with Gasteiger partial charge < -0.3 is 4.74 Å². The Kier molecular flexibility index (Phi) is 1.69. The van der Waals surface area contributed by atoms with Crippen LogP contribution in [-0.4, -0.2) is 13.2 Å². The van der Waals surface area contributed by atoms with Crippen LogP contribution < -0.4 is 0 Å². The maximum absolute atomic E-state index is 5.19. The second-order valence-corrected chi connectivity index (χ2v) is 2.38. The summed E-state index contributed by atoms with van der Waals surface area (Å²) in [6, 6.07) is 0. The molecule has 0 spiro atoms. The van der Waals surface area contributed by atoms with Crippen molar-refractivity contribution >= 4 is 0 Å². The minimum absolute atomic E-state index is 0.587. The Bertz CT molecular complexity index is 96.6. The Morgan fingerprint density at radius 1 is 1.75 bits per heavy atom. The van der Waals surface area contributed by atoms with Crippen LogP contribution in [0.4, 0.5) is 0 Å². The Morgan fingerprint density at radius 2 is 2.50 bits per heavy atom. The molecule has 1 aliphatic rings. The van der Waals surface area contributed by atoms with Gasteiger partial charge in [0.15, 0.2) is 0 Å². The largest absolute Gasteiger partial charge is 0.381 e. The van der Waals surface area contributed by atoms with Gasteiger partial charge in [0.25, 0.3) is 0 Å². The summed E-state index contributed by atoms with van der Waals surface area (Å²) in [6.45, 7) is 7.82. The summed E-state index contributed by atoms with van der Waals surface area (Å²) in [5.41, 5.74) is 1.34. The van der Waals surface area contributed by atoms with Crippen molar-refractivity contribution in [3.8, 4) is 0 Å². The van der Waals surface area contributed by atoms with Gasteiger partial charge in [0.1, 0.15) is 0 Å². The molecule has 1 atom stereocenters. The summed E-state index contributed by atoms with van der Waals surface area (Å²) in [5.74, 6) is 0.587.